The van der Waals surface area contributed by atoms with Gasteiger partial charge in [-0.1, -0.05) is 0 Å². The topological polar surface area (TPSA) is 66.0 Å². The lowest BCUT2D eigenvalue weighted by Crippen LogP contribution is -3.00. The minimum atomic E-state index is -0.427. The van der Waals surface area contributed by atoms with Crippen LogP contribution in [0, 0.1) is 0 Å². The maximum atomic E-state index is 10.4. The van der Waals surface area contributed by atoms with E-state index in [2.05, 4.69) is 28.0 Å². The first kappa shape index (κ1) is 13.0. The monoisotopic (exact) mass is 196 g/mol. The van der Waals surface area contributed by atoms with Gasteiger partial charge in [-0.15, -0.1) is 0 Å². The van der Waals surface area contributed by atoms with Gasteiger partial charge in [-0.25, -0.2) is 4.79 Å². The van der Waals surface area contributed by atoms with E-state index >= 15 is 0 Å². The highest BCUT2D eigenvalue weighted by atomic mass is 35.5. The normalized spacial score (nSPS) is 8.55. The lowest BCUT2D eigenvalue weighted by atomic mass is 10.6. The minimum Gasteiger partial charge on any atom is -1.00 e. The Kier molecular flexibility index (Phi) is 8.80. The maximum absolute atomic E-state index is 10.4. The van der Waals surface area contributed by atoms with Crippen LogP contribution < -0.4 is 23.5 Å². The molecule has 0 rings (SSSR count). The molecule has 0 spiro atoms. The van der Waals surface area contributed by atoms with Crippen LogP contribution in [0.3, 0.4) is 0 Å². The number of nitrogens with one attached hydrogen (secondary N) is 1. The van der Waals surface area contributed by atoms with Crippen molar-refractivity contribution in [3.8, 4) is 0 Å². The zero-order valence-corrected chi connectivity index (χ0v) is 7.54. The Morgan fingerprint density at radius 2 is 2.27 bits per heavy atom. The average Bonchev–Trinajstić information content (AvgIpc) is 1.87. The molecule has 0 aromatic rings. The van der Waals surface area contributed by atoms with Crippen LogP contribution in [0.2, 0.25) is 0 Å². The van der Waals surface area contributed by atoms with Crippen molar-refractivity contribution in [3.63, 3.8) is 0 Å². The van der Waals surface area contributed by atoms with E-state index in [0.717, 1.165) is 0 Å². The Labute approximate surface area is 76.2 Å². The van der Waals surface area contributed by atoms with Crippen molar-refractivity contribution in [3.05, 3.63) is 12.3 Å². The van der Waals surface area contributed by atoms with E-state index in [1.165, 1.54) is 19.4 Å². The van der Waals surface area contributed by atoms with Gasteiger partial charge in [0.1, 0.15) is 0 Å². The highest BCUT2D eigenvalue weighted by Crippen LogP contribution is 1.73. The van der Waals surface area contributed by atoms with Crippen molar-refractivity contribution >= 4 is 23.3 Å². The first-order valence-corrected chi connectivity index (χ1v) is 2.94. The molecular weight excluding hydrogens is 188 g/mol. The number of rotatable bonds is 2. The van der Waals surface area contributed by atoms with Crippen LogP contribution in [0.25, 0.3) is 0 Å². The van der Waals surface area contributed by atoms with E-state index in [1.807, 2.05) is 0 Å². The van der Waals surface area contributed by atoms with Gasteiger partial charge in [0.15, 0.2) is 0 Å². The third-order valence-electron chi connectivity index (χ3n) is 0.665. The second-order valence-corrected chi connectivity index (χ2v) is 1.92. The van der Waals surface area contributed by atoms with E-state index in [9.17, 15) is 4.79 Å². The Bertz CT molecular complexity index is 172. The molecule has 0 aliphatic heterocycles. The molecule has 0 heterocycles. The summed E-state index contributed by atoms with van der Waals surface area (Å²) in [5.74, 6) is -0.427. The zero-order valence-electron chi connectivity index (χ0n) is 5.96. The molecule has 0 bridgehead atoms. The fourth-order valence-electron chi connectivity index (χ4n) is 0.271. The molecule has 0 saturated heterocycles. The molecular formula is C5H9ClN2O2S. The van der Waals surface area contributed by atoms with Crippen molar-refractivity contribution < 1.29 is 27.7 Å². The second-order valence-electron chi connectivity index (χ2n) is 1.42. The number of carbonyl (C=O) groups is 1. The summed E-state index contributed by atoms with van der Waals surface area (Å²) in [5, 5.41) is 2.91. The molecule has 0 aromatic heterocycles. The maximum Gasteiger partial charge on any atom is 0.331 e. The van der Waals surface area contributed by atoms with Crippen molar-refractivity contribution in [1.82, 2.24) is 5.32 Å². The number of hydrogen-bond acceptors (Lipinski definition) is 3. The highest BCUT2D eigenvalue weighted by molar-refractivity contribution is 7.79. The fraction of sp³-hybridized carbons (Fsp3) is 0.200. The summed E-state index contributed by atoms with van der Waals surface area (Å²) in [7, 11) is 1.30. The van der Waals surface area contributed by atoms with Gasteiger partial charge in [0.25, 0.3) is 5.11 Å². The fourth-order valence-corrected chi connectivity index (χ4v) is 0.339. The molecule has 0 aliphatic carbocycles. The number of hydrogen-bond donors (Lipinski definition) is 2. The Hall–Kier alpha value is -0.650. The Morgan fingerprint density at radius 1 is 1.73 bits per heavy atom. The van der Waals surface area contributed by atoms with Gasteiger partial charge in [0, 0.05) is 24.5 Å². The van der Waals surface area contributed by atoms with Crippen LogP contribution in [-0.4, -0.2) is 18.2 Å². The molecule has 4 N–H and O–H groups in total. The first-order valence-electron chi connectivity index (χ1n) is 2.53. The summed E-state index contributed by atoms with van der Waals surface area (Å²) in [6, 6.07) is 0. The van der Waals surface area contributed by atoms with Gasteiger partial charge in [-0.2, -0.15) is 0 Å². The third-order valence-corrected chi connectivity index (χ3v) is 0.783. The van der Waals surface area contributed by atoms with E-state index in [1.54, 1.807) is 0 Å². The summed E-state index contributed by atoms with van der Waals surface area (Å²) in [5.41, 5.74) is 3.38. The predicted molar refractivity (Wildman–Crippen MR) is 39.8 cm³/mol. The number of halogens is 1. The summed E-state index contributed by atoms with van der Waals surface area (Å²) in [6.07, 6.45) is 2.60. The molecule has 0 atom stereocenters. The van der Waals surface area contributed by atoms with Gasteiger partial charge in [-0.05, 0) is 0 Å². The zero-order chi connectivity index (χ0) is 7.98. The molecule has 0 unspecified atom stereocenters. The van der Waals surface area contributed by atoms with Gasteiger partial charge >= 0.3 is 5.97 Å². The molecule has 0 radical (unpaired) electrons. The third kappa shape index (κ3) is 9.35. The van der Waals surface area contributed by atoms with Crippen molar-refractivity contribution in [2.45, 2.75) is 0 Å². The van der Waals surface area contributed by atoms with Crippen molar-refractivity contribution in [1.29, 1.82) is 0 Å². The van der Waals surface area contributed by atoms with Crippen LogP contribution in [0.5, 0.6) is 0 Å². The smallest absolute Gasteiger partial charge is 0.331 e. The largest absolute Gasteiger partial charge is 1.00 e. The molecule has 0 saturated carbocycles. The van der Waals surface area contributed by atoms with Gasteiger partial charge in [-0.3, -0.25) is 0 Å². The number of thiocarbonyl (C=S) groups is 1. The first-order chi connectivity index (χ1) is 4.66. The number of carbonyl (C=O) groups excluding carboxylic acids is 1. The molecule has 64 valence electrons. The molecule has 6 heteroatoms. The van der Waals surface area contributed by atoms with E-state index in [0.29, 0.717) is 5.11 Å². The molecule has 0 fully saturated rings. The van der Waals surface area contributed by atoms with Crippen LogP contribution in [-0.2, 0) is 9.53 Å². The molecule has 4 nitrogen and oxygen atoms in total. The summed E-state index contributed by atoms with van der Waals surface area (Å²) in [4.78, 5) is 10.4. The number of quaternary nitrogens is 1. The lowest BCUT2D eigenvalue weighted by molar-refractivity contribution is -0.213. The number of esters is 1. The van der Waals surface area contributed by atoms with Gasteiger partial charge < -0.3 is 28.2 Å². The average molecular weight is 197 g/mol. The number of ether oxygens (including phenoxy) is 1. The molecule has 0 amide bonds. The Morgan fingerprint density at radius 3 is 2.64 bits per heavy atom. The van der Waals surface area contributed by atoms with Crippen molar-refractivity contribution in [2.75, 3.05) is 7.11 Å². The Balaban J connectivity index is 0. The van der Waals surface area contributed by atoms with Crippen molar-refractivity contribution in [2.24, 2.45) is 0 Å². The summed E-state index contributed by atoms with van der Waals surface area (Å²) in [6.45, 7) is 0. The van der Waals surface area contributed by atoms with E-state index < -0.39 is 5.97 Å². The second kappa shape index (κ2) is 7.46. The summed E-state index contributed by atoms with van der Waals surface area (Å²) >= 11 is 4.56. The van der Waals surface area contributed by atoms with Crippen LogP contribution in [0.15, 0.2) is 12.3 Å². The highest BCUT2D eigenvalue weighted by Gasteiger charge is 1.89. The summed E-state index contributed by atoms with van der Waals surface area (Å²) < 4.78 is 4.30. The SMILES string of the molecule is COC(=O)C=CNC([NH3+])=S.[Cl-]. The predicted octanol–water partition coefficient (Wildman–Crippen LogP) is -4.21. The van der Waals surface area contributed by atoms with Crippen LogP contribution >= 0.6 is 12.2 Å². The standard InChI is InChI=1S/C5H8N2O2S.ClH/c1-9-4(8)2-3-7-5(6)10;/h2-3H,1H3,(H3,6,7,10);1H. The number of methoxy groups -OCH3 is 1. The van der Waals surface area contributed by atoms with Gasteiger partial charge in [0.2, 0.25) is 0 Å². The van der Waals surface area contributed by atoms with Crippen LogP contribution in [0.1, 0.15) is 0 Å². The van der Waals surface area contributed by atoms with E-state index in [4.69, 9.17) is 0 Å². The van der Waals surface area contributed by atoms with E-state index in [-0.39, 0.29) is 12.4 Å². The quantitative estimate of drug-likeness (QED) is 0.267. The molecule has 0 aromatic carbocycles. The lowest BCUT2D eigenvalue weighted by Gasteiger charge is -1.90. The molecule has 0 aliphatic rings. The van der Waals surface area contributed by atoms with Crippen LogP contribution in [0.4, 0.5) is 0 Å². The molecule has 11 heavy (non-hydrogen) atoms. The minimum absolute atomic E-state index is 0. The van der Waals surface area contributed by atoms with Gasteiger partial charge in [0.05, 0.1) is 7.11 Å².